The van der Waals surface area contributed by atoms with Crippen LogP contribution < -0.4 is 0 Å². The van der Waals surface area contributed by atoms with E-state index in [9.17, 15) is 4.79 Å². The second-order valence-electron chi connectivity index (χ2n) is 4.10. The van der Waals surface area contributed by atoms with Crippen molar-refractivity contribution in [3.8, 4) is 0 Å². The Labute approximate surface area is 108 Å². The molecule has 1 fully saturated rings. The molecule has 0 N–H and O–H groups in total. The van der Waals surface area contributed by atoms with Crippen LogP contribution in [0, 0.1) is 0 Å². The van der Waals surface area contributed by atoms with Gasteiger partial charge in [0, 0.05) is 24.0 Å². The number of thiophene rings is 1. The lowest BCUT2D eigenvalue weighted by Crippen LogP contribution is -2.50. The van der Waals surface area contributed by atoms with Crippen molar-refractivity contribution in [3.05, 3.63) is 40.9 Å². The van der Waals surface area contributed by atoms with E-state index in [1.807, 2.05) is 23.6 Å². The predicted molar refractivity (Wildman–Crippen MR) is 69.0 cm³/mol. The van der Waals surface area contributed by atoms with Gasteiger partial charge in [0.05, 0.1) is 12.4 Å². The third-order valence-corrected chi connectivity index (χ3v) is 3.71. The number of hydrogen-bond acceptors (Lipinski definition) is 4. The average Bonchev–Trinajstić information content (AvgIpc) is 2.97. The molecule has 5 nitrogen and oxygen atoms in total. The van der Waals surface area contributed by atoms with Gasteiger partial charge in [-0.05, 0) is 17.5 Å². The smallest absolute Gasteiger partial charge is 0.246 e. The summed E-state index contributed by atoms with van der Waals surface area (Å²) in [6.07, 6.45) is 6.79. The van der Waals surface area contributed by atoms with E-state index < -0.39 is 0 Å². The van der Waals surface area contributed by atoms with Crippen LogP contribution in [0.15, 0.2) is 36.0 Å². The third kappa shape index (κ3) is 2.19. The lowest BCUT2D eigenvalue weighted by molar-refractivity contribution is -0.131. The van der Waals surface area contributed by atoms with Crippen molar-refractivity contribution in [2.24, 2.45) is 0 Å². The molecule has 0 radical (unpaired) electrons. The number of likely N-dealkylation sites (tertiary alicyclic amines) is 1. The van der Waals surface area contributed by atoms with Gasteiger partial charge in [-0.1, -0.05) is 6.07 Å². The Morgan fingerprint density at radius 2 is 2.17 bits per heavy atom. The largest absolute Gasteiger partial charge is 0.335 e. The Morgan fingerprint density at radius 1 is 1.39 bits per heavy atom. The fraction of sp³-hybridized carbons (Fsp3) is 0.250. The Balaban J connectivity index is 1.54. The van der Waals surface area contributed by atoms with Crippen molar-refractivity contribution in [2.75, 3.05) is 13.1 Å². The maximum atomic E-state index is 11.8. The van der Waals surface area contributed by atoms with Crippen molar-refractivity contribution in [2.45, 2.75) is 6.04 Å². The highest BCUT2D eigenvalue weighted by molar-refractivity contribution is 7.10. The van der Waals surface area contributed by atoms with Crippen LogP contribution in [0.4, 0.5) is 0 Å². The number of carbonyl (C=O) groups excluding carboxylic acids is 1. The molecule has 0 aromatic carbocycles. The zero-order chi connectivity index (χ0) is 12.4. The van der Waals surface area contributed by atoms with Crippen LogP contribution in [0.25, 0.3) is 6.08 Å². The van der Waals surface area contributed by atoms with Gasteiger partial charge in [0.1, 0.15) is 6.04 Å². The number of rotatable bonds is 3. The summed E-state index contributed by atoms with van der Waals surface area (Å²) in [5, 5.41) is 10.1. The van der Waals surface area contributed by atoms with Gasteiger partial charge in [0.25, 0.3) is 0 Å². The van der Waals surface area contributed by atoms with Crippen LogP contribution in [-0.2, 0) is 4.79 Å². The third-order valence-electron chi connectivity index (χ3n) is 2.87. The summed E-state index contributed by atoms with van der Waals surface area (Å²) in [5.74, 6) is 0.0480. The highest BCUT2D eigenvalue weighted by atomic mass is 32.1. The minimum Gasteiger partial charge on any atom is -0.335 e. The number of aromatic nitrogens is 3. The van der Waals surface area contributed by atoms with Crippen molar-refractivity contribution < 1.29 is 4.79 Å². The SMILES string of the molecule is O=C(C=Cc1cccs1)N1CC(n2nccn2)C1. The van der Waals surface area contributed by atoms with E-state index in [0.717, 1.165) is 4.88 Å². The van der Waals surface area contributed by atoms with Crippen LogP contribution in [0.1, 0.15) is 10.9 Å². The molecule has 2 aromatic rings. The van der Waals surface area contributed by atoms with Gasteiger partial charge < -0.3 is 4.90 Å². The zero-order valence-electron chi connectivity index (χ0n) is 9.64. The molecule has 0 spiro atoms. The van der Waals surface area contributed by atoms with Crippen LogP contribution in [-0.4, -0.2) is 38.9 Å². The van der Waals surface area contributed by atoms with Gasteiger partial charge in [-0.25, -0.2) is 0 Å². The van der Waals surface area contributed by atoms with Crippen molar-refractivity contribution in [3.63, 3.8) is 0 Å². The van der Waals surface area contributed by atoms with Gasteiger partial charge in [0.15, 0.2) is 0 Å². The molecule has 1 saturated heterocycles. The summed E-state index contributed by atoms with van der Waals surface area (Å²) in [7, 11) is 0. The Kier molecular flexibility index (Phi) is 2.93. The molecule has 0 bridgehead atoms. The molecule has 2 aromatic heterocycles. The Morgan fingerprint density at radius 3 is 2.83 bits per heavy atom. The minimum absolute atomic E-state index is 0.0480. The molecule has 92 valence electrons. The molecule has 3 heterocycles. The molecule has 18 heavy (non-hydrogen) atoms. The van der Waals surface area contributed by atoms with E-state index in [1.165, 1.54) is 0 Å². The summed E-state index contributed by atoms with van der Waals surface area (Å²) in [4.78, 5) is 16.4. The van der Waals surface area contributed by atoms with Gasteiger partial charge in [-0.2, -0.15) is 15.0 Å². The minimum atomic E-state index is 0.0480. The molecule has 0 atom stereocenters. The zero-order valence-corrected chi connectivity index (χ0v) is 10.5. The molecule has 0 aliphatic carbocycles. The molecule has 0 unspecified atom stereocenters. The molecule has 0 saturated carbocycles. The Bertz CT molecular complexity index is 541. The number of amides is 1. The van der Waals surface area contributed by atoms with Gasteiger partial charge in [-0.3, -0.25) is 4.79 Å². The molecule has 1 aliphatic heterocycles. The maximum absolute atomic E-state index is 11.8. The molecule has 6 heteroatoms. The first-order valence-electron chi connectivity index (χ1n) is 5.69. The lowest BCUT2D eigenvalue weighted by atomic mass is 10.1. The Hall–Kier alpha value is -1.95. The summed E-state index contributed by atoms with van der Waals surface area (Å²) >= 11 is 1.62. The summed E-state index contributed by atoms with van der Waals surface area (Å²) < 4.78 is 0. The number of nitrogens with zero attached hydrogens (tertiary/aromatic N) is 4. The standard InChI is InChI=1S/C12H12N4OS/c17-12(4-3-11-2-1-7-18-11)15-8-10(9-15)16-13-5-6-14-16/h1-7,10H,8-9H2. The second-order valence-corrected chi connectivity index (χ2v) is 5.07. The first-order valence-corrected chi connectivity index (χ1v) is 6.57. The number of carbonyl (C=O) groups is 1. The van der Waals surface area contributed by atoms with Gasteiger partial charge in [-0.15, -0.1) is 11.3 Å². The van der Waals surface area contributed by atoms with Crippen molar-refractivity contribution >= 4 is 23.3 Å². The van der Waals surface area contributed by atoms with Crippen molar-refractivity contribution in [1.82, 2.24) is 19.9 Å². The van der Waals surface area contributed by atoms with E-state index in [0.29, 0.717) is 13.1 Å². The van der Waals surface area contributed by atoms with Crippen LogP contribution >= 0.6 is 11.3 Å². The highest BCUT2D eigenvalue weighted by Gasteiger charge is 2.31. The highest BCUT2D eigenvalue weighted by Crippen LogP contribution is 2.19. The van der Waals surface area contributed by atoms with E-state index in [-0.39, 0.29) is 11.9 Å². The monoisotopic (exact) mass is 260 g/mol. The predicted octanol–water partition coefficient (Wildman–Crippen LogP) is 1.44. The van der Waals surface area contributed by atoms with Gasteiger partial charge in [0.2, 0.25) is 5.91 Å². The molecule has 1 amide bonds. The summed E-state index contributed by atoms with van der Waals surface area (Å²) in [6.45, 7) is 1.37. The van der Waals surface area contributed by atoms with E-state index in [1.54, 1.807) is 39.5 Å². The first kappa shape index (κ1) is 11.2. The fourth-order valence-electron chi connectivity index (χ4n) is 1.84. The van der Waals surface area contributed by atoms with Crippen LogP contribution in [0.3, 0.4) is 0 Å². The lowest BCUT2D eigenvalue weighted by Gasteiger charge is -2.37. The quantitative estimate of drug-likeness (QED) is 0.785. The van der Waals surface area contributed by atoms with E-state index >= 15 is 0 Å². The van der Waals surface area contributed by atoms with E-state index in [2.05, 4.69) is 10.2 Å². The molecular formula is C12H12N4OS. The first-order chi connectivity index (χ1) is 8.83. The number of hydrogen-bond donors (Lipinski definition) is 0. The topological polar surface area (TPSA) is 51.0 Å². The molecular weight excluding hydrogens is 248 g/mol. The van der Waals surface area contributed by atoms with Crippen molar-refractivity contribution in [1.29, 1.82) is 0 Å². The van der Waals surface area contributed by atoms with Crippen LogP contribution in [0.2, 0.25) is 0 Å². The summed E-state index contributed by atoms with van der Waals surface area (Å²) in [5.41, 5.74) is 0. The van der Waals surface area contributed by atoms with Crippen LogP contribution in [0.5, 0.6) is 0 Å². The molecule has 1 aliphatic rings. The van der Waals surface area contributed by atoms with E-state index in [4.69, 9.17) is 0 Å². The normalized spacial score (nSPS) is 16.1. The fourth-order valence-corrected chi connectivity index (χ4v) is 2.46. The average molecular weight is 260 g/mol. The van der Waals surface area contributed by atoms with Gasteiger partial charge >= 0.3 is 0 Å². The maximum Gasteiger partial charge on any atom is 0.246 e. The summed E-state index contributed by atoms with van der Waals surface area (Å²) in [6, 6.07) is 4.18. The second kappa shape index (κ2) is 4.73. The molecule has 3 rings (SSSR count).